The van der Waals surface area contributed by atoms with Gasteiger partial charge < -0.3 is 50.7 Å². The maximum atomic E-state index is 10.2. The number of hydrogen-bond acceptors (Lipinski definition) is 11. The molecule has 1 aliphatic rings. The largest absolute Gasteiger partial charge is 0.481 e. The highest BCUT2D eigenvalue weighted by molar-refractivity contribution is 5.80. The number of unbranched alkanes of at least 4 members (excludes halogenated alkanes) is 1. The molecule has 0 bridgehead atoms. The van der Waals surface area contributed by atoms with Gasteiger partial charge in [-0.1, -0.05) is 18.7 Å². The fraction of sp³-hybridized carbons (Fsp3) is 0.536. The van der Waals surface area contributed by atoms with Gasteiger partial charge in [0.25, 0.3) is 0 Å². The third kappa shape index (κ3) is 101. The van der Waals surface area contributed by atoms with Crippen molar-refractivity contribution >= 4 is 41.8 Å². The van der Waals surface area contributed by atoms with E-state index in [9.17, 15) is 33.6 Å². The first-order valence-corrected chi connectivity index (χ1v) is 13.1. The van der Waals surface area contributed by atoms with Gasteiger partial charge in [-0.3, -0.25) is 19.2 Å². The minimum absolute atomic E-state index is 0.0359. The minimum atomic E-state index is -0.981. The third-order valence-corrected chi connectivity index (χ3v) is 3.43. The standard InChI is InChI=1S/C5H10O3.C5H8O2.C4H8O3.2C4H6O2.C3H6O3.C3H4O2/c6-4-2-1-3-5(7)8;6-5-3-1-2-4-7-5;1-3(5)2-4(6)7;2*1-2-3-4(5)6;4-2-1-3(5)6;1-2-3(4)5/h6H,1-4H2,(H,7,8);1-4H2;3,5H,2H2,1H3,(H,6,7);2*2-3H,1H3,(H,5,6);4H,1-2H2,(H,5,6);2H,1H2,(H,4,5)/b;;;3-2+;3-2-;;. The van der Waals surface area contributed by atoms with Crippen LogP contribution in [0.5, 0.6) is 0 Å². The van der Waals surface area contributed by atoms with Gasteiger partial charge in [-0.05, 0) is 46.5 Å². The molecule has 262 valence electrons. The lowest BCUT2D eigenvalue weighted by Crippen LogP contribution is -2.10. The summed E-state index contributed by atoms with van der Waals surface area (Å²) in [6, 6.07) is 0. The molecule has 1 aliphatic heterocycles. The number of aliphatic carboxylic acids is 6. The van der Waals surface area contributed by atoms with Crippen LogP contribution in [0.4, 0.5) is 0 Å². The molecule has 45 heavy (non-hydrogen) atoms. The molecule has 1 rings (SSSR count). The van der Waals surface area contributed by atoms with Crippen LogP contribution in [-0.2, 0) is 38.3 Å². The Morgan fingerprint density at radius 1 is 0.756 bits per heavy atom. The summed E-state index contributed by atoms with van der Waals surface area (Å²) in [6.45, 7) is 8.18. The molecule has 1 saturated heterocycles. The summed E-state index contributed by atoms with van der Waals surface area (Å²) in [5, 5.41) is 71.4. The van der Waals surface area contributed by atoms with E-state index < -0.39 is 41.9 Å². The van der Waals surface area contributed by atoms with Crippen molar-refractivity contribution < 1.29 is 84.3 Å². The summed E-state index contributed by atoms with van der Waals surface area (Å²) in [4.78, 5) is 67.4. The maximum absolute atomic E-state index is 10.2. The average Bonchev–Trinajstić information content (AvgIpc) is 2.90. The van der Waals surface area contributed by atoms with Crippen molar-refractivity contribution in [3.05, 3.63) is 37.0 Å². The Kier molecular flexibility index (Phi) is 51.6. The number of carbonyl (C=O) groups excluding carboxylic acids is 1. The van der Waals surface area contributed by atoms with Gasteiger partial charge in [0, 0.05) is 37.7 Å². The van der Waals surface area contributed by atoms with Gasteiger partial charge in [-0.2, -0.15) is 0 Å². The second kappa shape index (κ2) is 43.8. The predicted molar refractivity (Wildman–Crippen MR) is 159 cm³/mol. The van der Waals surface area contributed by atoms with E-state index in [4.69, 9.17) is 46.0 Å². The molecule has 17 heteroatoms. The number of allylic oxidation sites excluding steroid dienone is 2. The smallest absolute Gasteiger partial charge is 0.327 e. The van der Waals surface area contributed by atoms with E-state index in [1.807, 2.05) is 0 Å². The number of aliphatic hydroxyl groups excluding tert-OH is 3. The number of carboxylic acid groups (broad SMARTS) is 6. The monoisotopic (exact) mass is 656 g/mol. The van der Waals surface area contributed by atoms with Gasteiger partial charge in [-0.25, -0.2) is 14.4 Å². The molecule has 0 radical (unpaired) electrons. The first-order chi connectivity index (χ1) is 20.9. The molecule has 0 aromatic carbocycles. The number of rotatable bonds is 11. The van der Waals surface area contributed by atoms with Gasteiger partial charge in [0.05, 0.1) is 32.2 Å². The van der Waals surface area contributed by atoms with Crippen LogP contribution in [0, 0.1) is 0 Å². The Morgan fingerprint density at radius 3 is 1.31 bits per heavy atom. The van der Waals surface area contributed by atoms with Crippen LogP contribution in [0.2, 0.25) is 0 Å². The van der Waals surface area contributed by atoms with Gasteiger partial charge in [0.15, 0.2) is 0 Å². The molecule has 0 aliphatic carbocycles. The van der Waals surface area contributed by atoms with E-state index in [-0.39, 0.29) is 38.4 Å². The second-order valence-electron chi connectivity index (χ2n) is 7.79. The number of carboxylic acids is 6. The number of esters is 1. The summed E-state index contributed by atoms with van der Waals surface area (Å²) in [5.41, 5.74) is 0. The minimum Gasteiger partial charge on any atom is -0.481 e. The van der Waals surface area contributed by atoms with E-state index in [1.54, 1.807) is 13.8 Å². The van der Waals surface area contributed by atoms with Crippen LogP contribution < -0.4 is 0 Å². The number of aliphatic hydroxyl groups is 3. The number of ether oxygens (including phenoxy) is 1. The molecule has 1 atom stereocenters. The number of carbonyl (C=O) groups is 7. The Labute approximate surface area is 261 Å². The quantitative estimate of drug-likeness (QED) is 0.0869. The summed E-state index contributed by atoms with van der Waals surface area (Å²) in [7, 11) is 0. The maximum Gasteiger partial charge on any atom is 0.327 e. The highest BCUT2D eigenvalue weighted by Crippen LogP contribution is 2.04. The van der Waals surface area contributed by atoms with Crippen LogP contribution in [0.15, 0.2) is 37.0 Å². The highest BCUT2D eigenvalue weighted by Gasteiger charge is 2.06. The molecule has 0 aromatic rings. The Morgan fingerprint density at radius 2 is 1.20 bits per heavy atom. The van der Waals surface area contributed by atoms with Gasteiger partial charge in [0.1, 0.15) is 0 Å². The molecule has 0 aromatic heterocycles. The van der Waals surface area contributed by atoms with Crippen molar-refractivity contribution in [1.82, 2.24) is 0 Å². The zero-order valence-corrected chi connectivity index (χ0v) is 25.7. The molecular weight excluding hydrogens is 608 g/mol. The van der Waals surface area contributed by atoms with E-state index in [0.717, 1.165) is 31.1 Å². The van der Waals surface area contributed by atoms with Crippen LogP contribution in [0.25, 0.3) is 0 Å². The molecule has 9 N–H and O–H groups in total. The molecule has 1 unspecified atom stereocenters. The second-order valence-corrected chi connectivity index (χ2v) is 7.79. The SMILES string of the molecule is C/C=C/C(=O)O.C/C=C\C(=O)O.C=CC(=O)O.CC(O)CC(=O)O.O=C(O)CCCCO.O=C(O)CCO.O=C1CCCCO1. The van der Waals surface area contributed by atoms with Crippen LogP contribution in [0.1, 0.15) is 72.1 Å². The highest BCUT2D eigenvalue weighted by atomic mass is 16.5. The molecule has 0 spiro atoms. The molecular formula is C28H48O17. The van der Waals surface area contributed by atoms with E-state index in [2.05, 4.69) is 11.3 Å². The number of cyclic esters (lactones) is 1. The fourth-order valence-corrected chi connectivity index (χ4v) is 1.65. The molecule has 0 saturated carbocycles. The molecule has 17 nitrogen and oxygen atoms in total. The van der Waals surface area contributed by atoms with Gasteiger partial charge in [0.2, 0.25) is 0 Å². The average molecular weight is 657 g/mol. The van der Waals surface area contributed by atoms with Crippen molar-refractivity contribution in [2.45, 2.75) is 78.2 Å². The molecule has 0 amide bonds. The Bertz CT molecular complexity index is 831. The van der Waals surface area contributed by atoms with Crippen molar-refractivity contribution in [2.24, 2.45) is 0 Å². The summed E-state index contributed by atoms with van der Waals surface area (Å²) in [5.74, 6) is -5.52. The fourth-order valence-electron chi connectivity index (χ4n) is 1.65. The third-order valence-electron chi connectivity index (χ3n) is 3.43. The Balaban J connectivity index is -0.0000000991. The van der Waals surface area contributed by atoms with E-state index >= 15 is 0 Å². The Hall–Kier alpha value is -4.61. The van der Waals surface area contributed by atoms with Crippen molar-refractivity contribution in [3.63, 3.8) is 0 Å². The van der Waals surface area contributed by atoms with E-state index in [1.165, 1.54) is 19.1 Å². The first kappa shape index (κ1) is 53.0. The van der Waals surface area contributed by atoms with Gasteiger partial charge >= 0.3 is 41.8 Å². The van der Waals surface area contributed by atoms with Crippen LogP contribution >= 0.6 is 0 Å². The summed E-state index contributed by atoms with van der Waals surface area (Å²) >= 11 is 0. The zero-order chi connectivity index (χ0) is 36.6. The zero-order valence-electron chi connectivity index (χ0n) is 25.7. The topological polar surface area (TPSA) is 311 Å². The van der Waals surface area contributed by atoms with E-state index in [0.29, 0.717) is 25.9 Å². The van der Waals surface area contributed by atoms with Crippen LogP contribution in [0.3, 0.4) is 0 Å². The normalized spacial score (nSPS) is 11.4. The first-order valence-electron chi connectivity index (χ1n) is 13.1. The summed E-state index contributed by atoms with van der Waals surface area (Å²) < 4.78 is 4.64. The lowest BCUT2D eigenvalue weighted by atomic mass is 10.2. The molecule has 1 heterocycles. The van der Waals surface area contributed by atoms with Crippen molar-refractivity contribution in [3.8, 4) is 0 Å². The van der Waals surface area contributed by atoms with Crippen LogP contribution in [-0.4, -0.2) is 114 Å². The predicted octanol–water partition coefficient (Wildman–Crippen LogP) is 1.79. The lowest BCUT2D eigenvalue weighted by molar-refractivity contribution is -0.147. The van der Waals surface area contributed by atoms with Crippen molar-refractivity contribution in [2.75, 3.05) is 19.8 Å². The van der Waals surface area contributed by atoms with Crippen molar-refractivity contribution in [1.29, 1.82) is 0 Å². The number of hydrogen-bond donors (Lipinski definition) is 9. The van der Waals surface area contributed by atoms with Gasteiger partial charge in [-0.15, -0.1) is 0 Å². The lowest BCUT2D eigenvalue weighted by Gasteiger charge is -2.08. The summed E-state index contributed by atoms with van der Waals surface area (Å²) in [6.07, 6.45) is 8.92. The molecule has 1 fully saturated rings.